The second-order valence-electron chi connectivity index (χ2n) is 4.59. The number of ether oxygens (including phenoxy) is 1. The van der Waals surface area contributed by atoms with Gasteiger partial charge in [-0.2, -0.15) is 8.42 Å². The van der Waals surface area contributed by atoms with Crippen LogP contribution in [0, 0.1) is 6.92 Å². The minimum atomic E-state index is -5.75. The van der Waals surface area contributed by atoms with Crippen LogP contribution < -0.4 is 5.73 Å². The third-order valence-corrected chi connectivity index (χ3v) is 3.59. The van der Waals surface area contributed by atoms with Gasteiger partial charge in [-0.25, -0.2) is 0 Å². The van der Waals surface area contributed by atoms with Gasteiger partial charge in [0.05, 0.1) is 16.4 Å². The Labute approximate surface area is 162 Å². The first-order valence-electron chi connectivity index (χ1n) is 12.6. The van der Waals surface area contributed by atoms with E-state index in [4.69, 9.17) is 26.9 Å². The highest BCUT2D eigenvalue weighted by molar-refractivity contribution is 7.86. The maximum Gasteiger partial charge on any atom is 0.313 e. The largest absolute Gasteiger partial charge is 0.460 e. The Morgan fingerprint density at radius 2 is 1.88 bits per heavy atom. The van der Waals surface area contributed by atoms with Crippen molar-refractivity contribution in [2.45, 2.75) is 18.7 Å². The molecule has 1 aliphatic rings. The van der Waals surface area contributed by atoms with Crippen molar-refractivity contribution >= 4 is 15.9 Å². The van der Waals surface area contributed by atoms with Crippen LogP contribution in [0.25, 0.3) is 0 Å². The van der Waals surface area contributed by atoms with E-state index in [2.05, 4.69) is 4.18 Å². The molecule has 2 aromatic carbocycles. The standard InChI is InChI=1S/C18H17NO5S/c1-12-7-9-14(10-8-12)16-15(20)17(18(19)23-16)24-25(21,22)11-13-5-3-2-4-6-13/h2-10,16H,11,19H2,1H3/t16-/m1/s1/i2D,3D,4D,5D,6D,7D,8D,9D,10D,11D2,16D. The summed E-state index contributed by atoms with van der Waals surface area (Å²) in [5.74, 6) is -4.32. The number of nitrogens with two attached hydrogens (primary N) is 1. The Kier molecular flexibility index (Phi) is 2.01. The van der Waals surface area contributed by atoms with E-state index in [0.29, 0.717) is 0 Å². The quantitative estimate of drug-likeness (QED) is 0.810. The Morgan fingerprint density at radius 1 is 1.24 bits per heavy atom. The lowest BCUT2D eigenvalue weighted by molar-refractivity contribution is -0.123. The van der Waals surface area contributed by atoms with Gasteiger partial charge in [0, 0.05) is 5.56 Å². The van der Waals surface area contributed by atoms with E-state index in [1.54, 1.807) is 0 Å². The molecule has 0 fully saturated rings. The van der Waals surface area contributed by atoms with Gasteiger partial charge in [0.1, 0.15) is 5.70 Å². The summed E-state index contributed by atoms with van der Waals surface area (Å²) in [4.78, 5) is 13.1. The molecule has 0 spiro atoms. The molecule has 0 bridgehead atoms. The topological polar surface area (TPSA) is 95.7 Å². The number of carbonyl (C=O) groups is 1. The first-order valence-corrected chi connectivity index (χ1v) is 7.97. The van der Waals surface area contributed by atoms with Crippen molar-refractivity contribution < 1.29 is 38.6 Å². The molecule has 2 aromatic rings. The van der Waals surface area contributed by atoms with Crippen LogP contribution in [0.4, 0.5) is 0 Å². The second kappa shape index (κ2) is 6.60. The van der Waals surface area contributed by atoms with Crippen LogP contribution in [0.15, 0.2) is 66.0 Å². The predicted molar refractivity (Wildman–Crippen MR) is 91.4 cm³/mol. The monoisotopic (exact) mass is 371 g/mol. The third-order valence-electron chi connectivity index (χ3n) is 2.75. The summed E-state index contributed by atoms with van der Waals surface area (Å²) in [6, 6.07) is -8.33. The Balaban J connectivity index is 2.12. The summed E-state index contributed by atoms with van der Waals surface area (Å²) in [7, 11) is -5.75. The molecular formula is C18H17NO5S. The zero-order valence-electron chi connectivity index (χ0n) is 24.5. The van der Waals surface area contributed by atoms with E-state index in [1.807, 2.05) is 0 Å². The number of hydrogen-bond acceptors (Lipinski definition) is 6. The first-order chi connectivity index (χ1) is 16.7. The minimum Gasteiger partial charge on any atom is -0.460 e. The SMILES string of the molecule is [2H]c1c([2H])c([2H])c(C([2H])([2H])S(=O)(=O)OC2=C(N)O[C@]([2H])(c3c([2H])c([2H])c(C)c([2H])c3[2H])C2=O)c([2H])c1[2H]. The van der Waals surface area contributed by atoms with E-state index in [1.165, 1.54) is 6.92 Å². The normalized spacial score (nSPS) is 27.8. The van der Waals surface area contributed by atoms with Crippen LogP contribution in [0.3, 0.4) is 0 Å². The fourth-order valence-electron chi connectivity index (χ4n) is 1.71. The molecule has 0 amide bonds. The lowest BCUT2D eigenvalue weighted by atomic mass is 10.0. The van der Waals surface area contributed by atoms with Gasteiger partial charge in [-0.15, -0.1) is 0 Å². The molecule has 130 valence electrons. The van der Waals surface area contributed by atoms with Gasteiger partial charge >= 0.3 is 10.1 Å². The molecule has 2 N–H and O–H groups in total. The number of rotatable bonds is 5. The van der Waals surface area contributed by atoms with E-state index in [-0.39, 0.29) is 5.56 Å². The van der Waals surface area contributed by atoms with Gasteiger partial charge in [-0.1, -0.05) is 59.9 Å². The zero-order chi connectivity index (χ0) is 28.6. The summed E-state index contributed by atoms with van der Waals surface area (Å²) >= 11 is 0. The molecule has 0 aliphatic carbocycles. The van der Waals surface area contributed by atoms with Crippen molar-refractivity contribution in [2.75, 3.05) is 0 Å². The number of Topliss-reactive ketones (excluding diaryl/α,β-unsaturated/α-hetero) is 1. The van der Waals surface area contributed by atoms with Crippen molar-refractivity contribution in [1.82, 2.24) is 0 Å². The van der Waals surface area contributed by atoms with Gasteiger partial charge in [-0.3, -0.25) is 4.79 Å². The van der Waals surface area contributed by atoms with Crippen molar-refractivity contribution in [3.8, 4) is 0 Å². The fourth-order valence-corrected chi connectivity index (χ4v) is 2.48. The molecule has 0 aromatic heterocycles. The van der Waals surface area contributed by atoms with Crippen LogP contribution in [0.2, 0.25) is 0 Å². The van der Waals surface area contributed by atoms with Gasteiger partial charge in [0.2, 0.25) is 17.4 Å². The van der Waals surface area contributed by atoms with Crippen LogP contribution in [-0.4, -0.2) is 14.2 Å². The van der Waals surface area contributed by atoms with E-state index < -0.39 is 105 Å². The number of hydrogen-bond donors (Lipinski definition) is 1. The summed E-state index contributed by atoms with van der Waals surface area (Å²) in [6.45, 7) is 1.26. The Morgan fingerprint density at radius 3 is 2.52 bits per heavy atom. The number of carbonyl (C=O) groups excluding carboxylic acids is 1. The summed E-state index contributed by atoms with van der Waals surface area (Å²) < 4.78 is 130. The molecule has 3 rings (SSSR count). The van der Waals surface area contributed by atoms with E-state index in [9.17, 15) is 13.2 Å². The summed E-state index contributed by atoms with van der Waals surface area (Å²) in [5.41, 5.74) is -0.660. The van der Waals surface area contributed by atoms with Crippen molar-refractivity contribution in [3.63, 3.8) is 0 Å². The van der Waals surface area contributed by atoms with Gasteiger partial charge < -0.3 is 14.7 Å². The molecule has 1 heterocycles. The predicted octanol–water partition coefficient (Wildman–Crippen LogP) is 2.31. The molecule has 1 atom stereocenters. The molecule has 1 aliphatic heterocycles. The van der Waals surface area contributed by atoms with Crippen LogP contribution >= 0.6 is 0 Å². The first kappa shape index (κ1) is 7.61. The van der Waals surface area contributed by atoms with Crippen LogP contribution in [0.1, 0.15) is 39.2 Å². The average molecular weight is 371 g/mol. The highest BCUT2D eigenvalue weighted by atomic mass is 32.2. The van der Waals surface area contributed by atoms with E-state index >= 15 is 0 Å². The maximum atomic E-state index is 13.1. The van der Waals surface area contributed by atoms with E-state index in [0.717, 1.165) is 0 Å². The van der Waals surface area contributed by atoms with Crippen molar-refractivity contribution in [3.05, 3.63) is 82.7 Å². The lowest BCUT2D eigenvalue weighted by Gasteiger charge is -2.10. The molecule has 0 saturated heterocycles. The molecule has 6 nitrogen and oxygen atoms in total. The number of ketones is 1. The molecular weight excluding hydrogens is 342 g/mol. The minimum absolute atomic E-state index is 0.111. The molecule has 0 saturated carbocycles. The van der Waals surface area contributed by atoms with Crippen LogP contribution in [-0.2, 0) is 29.5 Å². The summed E-state index contributed by atoms with van der Waals surface area (Å²) in [6.07, 6.45) is -3.15. The van der Waals surface area contributed by atoms with Crippen molar-refractivity contribution in [1.29, 1.82) is 0 Å². The second-order valence-corrected chi connectivity index (χ2v) is 5.87. The smallest absolute Gasteiger partial charge is 0.313 e. The molecule has 0 unspecified atom stereocenters. The maximum absolute atomic E-state index is 13.1. The molecule has 0 radical (unpaired) electrons. The average Bonchev–Trinajstić information content (AvgIpc) is 3.01. The van der Waals surface area contributed by atoms with Crippen molar-refractivity contribution in [2.24, 2.45) is 5.73 Å². The highest BCUT2D eigenvalue weighted by Gasteiger charge is 2.39. The third kappa shape index (κ3) is 3.83. The number of benzene rings is 2. The van der Waals surface area contributed by atoms with Gasteiger partial charge in [0.15, 0.2) is 6.08 Å². The Hall–Kier alpha value is -2.80. The van der Waals surface area contributed by atoms with Crippen LogP contribution in [0.5, 0.6) is 0 Å². The summed E-state index contributed by atoms with van der Waals surface area (Å²) in [5, 5.41) is 0. The highest BCUT2D eigenvalue weighted by Crippen LogP contribution is 2.32. The Bertz CT molecular complexity index is 1470. The molecule has 7 heteroatoms. The zero-order valence-corrected chi connectivity index (χ0v) is 13.3. The van der Waals surface area contributed by atoms with Gasteiger partial charge in [0.25, 0.3) is 0 Å². The van der Waals surface area contributed by atoms with Gasteiger partial charge in [-0.05, 0) is 12.5 Å². The fraction of sp³-hybridized carbons (Fsp3) is 0.167. The molecule has 25 heavy (non-hydrogen) atoms. The lowest BCUT2D eigenvalue weighted by Crippen LogP contribution is -2.16.